The Labute approximate surface area is 142 Å². The molecule has 0 saturated carbocycles. The van der Waals surface area contributed by atoms with Crippen molar-refractivity contribution in [1.82, 2.24) is 4.90 Å². The first kappa shape index (κ1) is 18.9. The fraction of sp³-hybridized carbons (Fsp3) is 0.412. The minimum atomic E-state index is -0.476. The van der Waals surface area contributed by atoms with E-state index in [2.05, 4.69) is 5.32 Å². The van der Waals surface area contributed by atoms with Crippen LogP contribution in [0.15, 0.2) is 30.0 Å². The van der Waals surface area contributed by atoms with Gasteiger partial charge in [-0.15, -0.1) is 0 Å². The Balaban J connectivity index is 2.98. The van der Waals surface area contributed by atoms with Crippen LogP contribution < -0.4 is 10.1 Å². The van der Waals surface area contributed by atoms with Crippen LogP contribution in [0.5, 0.6) is 5.75 Å². The van der Waals surface area contributed by atoms with Crippen LogP contribution in [0.4, 0.5) is 5.69 Å². The molecule has 0 heterocycles. The molecule has 1 aromatic rings. The molecule has 0 aliphatic heterocycles. The summed E-state index contributed by atoms with van der Waals surface area (Å²) in [7, 11) is 1.52. The molecule has 0 atom stereocenters. The molecule has 1 aromatic carbocycles. The number of benzene rings is 1. The number of nitrogens with one attached hydrogen (secondary N) is 1. The molecule has 0 saturated heterocycles. The molecule has 5 nitrogen and oxygen atoms in total. The number of amides is 1. The number of anilines is 1. The third kappa shape index (κ3) is 5.19. The van der Waals surface area contributed by atoms with Crippen LogP contribution in [0.2, 0.25) is 5.02 Å². The van der Waals surface area contributed by atoms with Crippen molar-refractivity contribution in [3.8, 4) is 11.8 Å². The van der Waals surface area contributed by atoms with E-state index < -0.39 is 5.91 Å². The van der Waals surface area contributed by atoms with Gasteiger partial charge in [0, 0.05) is 24.0 Å². The maximum Gasteiger partial charge on any atom is 0.267 e. The van der Waals surface area contributed by atoms with Gasteiger partial charge in [0.15, 0.2) is 0 Å². The molecule has 0 bridgehead atoms. The molecule has 0 spiro atoms. The van der Waals surface area contributed by atoms with Gasteiger partial charge in [-0.25, -0.2) is 0 Å². The molecular formula is C17H22ClN3O2. The highest BCUT2D eigenvalue weighted by Gasteiger charge is 2.19. The Morgan fingerprint density at radius 3 is 2.57 bits per heavy atom. The third-order valence-electron chi connectivity index (χ3n) is 3.26. The van der Waals surface area contributed by atoms with Crippen LogP contribution in [-0.4, -0.2) is 30.0 Å². The van der Waals surface area contributed by atoms with E-state index in [9.17, 15) is 10.1 Å². The second kappa shape index (κ2) is 7.89. The number of ether oxygens (including phenoxy) is 1. The van der Waals surface area contributed by atoms with Gasteiger partial charge in [0.1, 0.15) is 17.4 Å². The summed E-state index contributed by atoms with van der Waals surface area (Å²) < 4.78 is 5.06. The number of methoxy groups -OCH3 is 1. The summed E-state index contributed by atoms with van der Waals surface area (Å²) in [6.45, 7) is 8.71. The molecule has 1 rings (SSSR count). The van der Waals surface area contributed by atoms with Crippen molar-refractivity contribution in [1.29, 1.82) is 5.26 Å². The molecule has 0 aliphatic rings. The summed E-state index contributed by atoms with van der Waals surface area (Å²) >= 11 is 6.03. The average molecular weight is 336 g/mol. The zero-order valence-corrected chi connectivity index (χ0v) is 14.9. The Morgan fingerprint density at radius 2 is 2.13 bits per heavy atom. The molecule has 1 N–H and O–H groups in total. The standard InChI is InChI=1S/C17H22ClN3O2/c1-6-21(17(2,3)4)11-12(10-19)16(22)20-13-7-8-15(23-5)14(18)9-13/h7-9,11H,6H2,1-5H3,(H,20,22)/b12-11-. The number of halogens is 1. The average Bonchev–Trinajstić information content (AvgIpc) is 2.47. The summed E-state index contributed by atoms with van der Waals surface area (Å²) in [6.07, 6.45) is 1.58. The zero-order valence-electron chi connectivity index (χ0n) is 14.1. The van der Waals surface area contributed by atoms with Crippen molar-refractivity contribution in [2.24, 2.45) is 0 Å². The lowest BCUT2D eigenvalue weighted by Gasteiger charge is -2.33. The van der Waals surface area contributed by atoms with E-state index >= 15 is 0 Å². The molecule has 124 valence electrons. The summed E-state index contributed by atoms with van der Waals surface area (Å²) in [5.41, 5.74) is 0.357. The quantitative estimate of drug-likeness (QED) is 0.656. The van der Waals surface area contributed by atoms with Crippen LogP contribution in [-0.2, 0) is 4.79 Å². The van der Waals surface area contributed by atoms with Gasteiger partial charge in [0.2, 0.25) is 0 Å². The van der Waals surface area contributed by atoms with E-state index in [0.717, 1.165) is 0 Å². The van der Waals surface area contributed by atoms with Gasteiger partial charge in [0.05, 0.1) is 12.1 Å². The summed E-state index contributed by atoms with van der Waals surface area (Å²) in [4.78, 5) is 14.2. The van der Waals surface area contributed by atoms with Gasteiger partial charge in [-0.2, -0.15) is 5.26 Å². The lowest BCUT2D eigenvalue weighted by molar-refractivity contribution is -0.112. The lowest BCUT2D eigenvalue weighted by atomic mass is 10.1. The largest absolute Gasteiger partial charge is 0.495 e. The predicted octanol–water partition coefficient (Wildman–Crippen LogP) is 3.81. The topological polar surface area (TPSA) is 65.4 Å². The number of rotatable bonds is 5. The fourth-order valence-corrected chi connectivity index (χ4v) is 2.25. The second-order valence-electron chi connectivity index (χ2n) is 5.91. The molecule has 6 heteroatoms. The lowest BCUT2D eigenvalue weighted by Crippen LogP contribution is -2.37. The first-order chi connectivity index (χ1) is 10.7. The van der Waals surface area contributed by atoms with Gasteiger partial charge in [-0.1, -0.05) is 11.6 Å². The van der Waals surface area contributed by atoms with Crippen LogP contribution in [0.1, 0.15) is 27.7 Å². The molecule has 0 fully saturated rings. The summed E-state index contributed by atoms with van der Waals surface area (Å²) in [5, 5.41) is 12.3. The molecule has 0 aromatic heterocycles. The molecule has 1 amide bonds. The maximum absolute atomic E-state index is 12.3. The first-order valence-corrected chi connectivity index (χ1v) is 7.64. The smallest absolute Gasteiger partial charge is 0.267 e. The highest BCUT2D eigenvalue weighted by Crippen LogP contribution is 2.27. The van der Waals surface area contributed by atoms with Crippen molar-refractivity contribution < 1.29 is 9.53 Å². The second-order valence-corrected chi connectivity index (χ2v) is 6.32. The SMILES string of the molecule is CCN(/C=C(/C#N)C(=O)Nc1ccc(OC)c(Cl)c1)C(C)(C)C. The van der Waals surface area contributed by atoms with Crippen molar-refractivity contribution in [3.05, 3.63) is 35.0 Å². The highest BCUT2D eigenvalue weighted by atomic mass is 35.5. The van der Waals surface area contributed by atoms with E-state index in [0.29, 0.717) is 23.0 Å². The van der Waals surface area contributed by atoms with E-state index in [-0.39, 0.29) is 11.1 Å². The van der Waals surface area contributed by atoms with Crippen LogP contribution in [0.25, 0.3) is 0 Å². The van der Waals surface area contributed by atoms with Gasteiger partial charge >= 0.3 is 0 Å². The number of hydrogen-bond acceptors (Lipinski definition) is 4. The van der Waals surface area contributed by atoms with E-state index in [4.69, 9.17) is 16.3 Å². The third-order valence-corrected chi connectivity index (χ3v) is 3.56. The highest BCUT2D eigenvalue weighted by molar-refractivity contribution is 6.32. The Kier molecular flexibility index (Phi) is 6.47. The minimum absolute atomic E-state index is 0.0358. The Hall–Kier alpha value is -2.19. The molecular weight excluding hydrogens is 314 g/mol. The summed E-state index contributed by atoms with van der Waals surface area (Å²) in [6, 6.07) is 6.84. The number of carbonyl (C=O) groups excluding carboxylic acids is 1. The Morgan fingerprint density at radius 1 is 1.48 bits per heavy atom. The Bertz CT molecular complexity index is 642. The monoisotopic (exact) mass is 335 g/mol. The van der Waals surface area contributed by atoms with Crippen LogP contribution >= 0.6 is 11.6 Å². The maximum atomic E-state index is 12.3. The van der Waals surface area contributed by atoms with Crippen molar-refractivity contribution in [3.63, 3.8) is 0 Å². The minimum Gasteiger partial charge on any atom is -0.495 e. The molecule has 23 heavy (non-hydrogen) atoms. The van der Waals surface area contributed by atoms with Gasteiger partial charge < -0.3 is 15.0 Å². The van der Waals surface area contributed by atoms with Crippen molar-refractivity contribution >= 4 is 23.2 Å². The summed E-state index contributed by atoms with van der Waals surface area (Å²) in [5.74, 6) is 0.0436. The molecule has 0 unspecified atom stereocenters. The van der Waals surface area contributed by atoms with E-state index in [1.165, 1.54) is 7.11 Å². The van der Waals surface area contributed by atoms with Crippen LogP contribution in [0.3, 0.4) is 0 Å². The number of nitrogens with zero attached hydrogens (tertiary/aromatic N) is 2. The van der Waals surface area contributed by atoms with Gasteiger partial charge in [-0.3, -0.25) is 4.79 Å². The number of hydrogen-bond donors (Lipinski definition) is 1. The van der Waals surface area contributed by atoms with Crippen molar-refractivity contribution in [2.75, 3.05) is 19.0 Å². The van der Waals surface area contributed by atoms with Crippen molar-refractivity contribution in [2.45, 2.75) is 33.2 Å². The number of carbonyl (C=O) groups is 1. The van der Waals surface area contributed by atoms with Crippen LogP contribution in [0, 0.1) is 11.3 Å². The van der Waals surface area contributed by atoms with E-state index in [1.54, 1.807) is 24.4 Å². The molecule has 0 radical (unpaired) electrons. The first-order valence-electron chi connectivity index (χ1n) is 7.26. The number of nitriles is 1. The molecule has 0 aliphatic carbocycles. The van der Waals surface area contributed by atoms with Gasteiger partial charge in [0.25, 0.3) is 5.91 Å². The van der Waals surface area contributed by atoms with E-state index in [1.807, 2.05) is 38.7 Å². The predicted molar refractivity (Wildman–Crippen MR) is 92.5 cm³/mol. The van der Waals surface area contributed by atoms with Gasteiger partial charge in [-0.05, 0) is 45.9 Å². The normalized spacial score (nSPS) is 11.6. The zero-order chi connectivity index (χ0) is 17.6. The fourth-order valence-electron chi connectivity index (χ4n) is 2.00.